The molecule has 3 aromatic rings. The smallest absolute Gasteiger partial charge is 0.318 e. The molecule has 1 heterocycles. The molecule has 1 N–H and O–H groups in total. The number of nitrogens with zero attached hydrogens (tertiary/aromatic N) is 3. The number of benzene rings is 2. The summed E-state index contributed by atoms with van der Waals surface area (Å²) >= 11 is 1.54. The Balaban J connectivity index is 1.79. The summed E-state index contributed by atoms with van der Waals surface area (Å²) in [5.74, 6) is 0. The number of aromatic nitrogens is 1. The summed E-state index contributed by atoms with van der Waals surface area (Å²) in [5, 5.41) is 14.5. The van der Waals surface area contributed by atoms with E-state index in [0.717, 1.165) is 20.8 Å². The highest BCUT2D eigenvalue weighted by atomic mass is 32.1. The van der Waals surface area contributed by atoms with Gasteiger partial charge in [0.2, 0.25) is 0 Å². The van der Waals surface area contributed by atoms with Crippen LogP contribution in [-0.4, -0.2) is 27.9 Å². The van der Waals surface area contributed by atoms with E-state index in [9.17, 15) is 14.9 Å². The van der Waals surface area contributed by atoms with Gasteiger partial charge in [0.1, 0.15) is 5.01 Å². The first-order chi connectivity index (χ1) is 12.4. The molecule has 0 aliphatic carbocycles. The molecular weight excluding hydrogens is 352 g/mol. The van der Waals surface area contributed by atoms with Gasteiger partial charge in [0.25, 0.3) is 5.69 Å². The lowest BCUT2D eigenvalue weighted by Crippen LogP contribution is -2.33. The van der Waals surface area contributed by atoms with Gasteiger partial charge in [-0.25, -0.2) is 9.78 Å². The number of urea groups is 1. The van der Waals surface area contributed by atoms with Gasteiger partial charge in [0.15, 0.2) is 0 Å². The van der Waals surface area contributed by atoms with Crippen LogP contribution in [0.4, 0.5) is 16.2 Å². The van der Waals surface area contributed by atoms with Gasteiger partial charge in [-0.3, -0.25) is 10.1 Å². The number of anilines is 1. The van der Waals surface area contributed by atoms with Crippen molar-refractivity contribution in [2.24, 2.45) is 0 Å². The van der Waals surface area contributed by atoms with E-state index in [1.807, 2.05) is 31.2 Å². The van der Waals surface area contributed by atoms with Crippen molar-refractivity contribution in [3.8, 4) is 0 Å². The number of non-ortho nitro benzene ring substituents is 1. The second kappa shape index (κ2) is 7.09. The van der Waals surface area contributed by atoms with Gasteiger partial charge in [-0.05, 0) is 31.5 Å². The van der Waals surface area contributed by atoms with Crippen molar-refractivity contribution >= 4 is 39.0 Å². The topological polar surface area (TPSA) is 88.4 Å². The van der Waals surface area contributed by atoms with Crippen molar-refractivity contribution < 1.29 is 9.72 Å². The van der Waals surface area contributed by atoms with Crippen molar-refractivity contribution in [2.45, 2.75) is 19.9 Å². The van der Waals surface area contributed by atoms with Crippen LogP contribution in [0.1, 0.15) is 23.5 Å². The third kappa shape index (κ3) is 3.50. The maximum absolute atomic E-state index is 12.6. The van der Waals surface area contributed by atoms with Crippen LogP contribution >= 0.6 is 11.3 Å². The molecule has 0 aliphatic heterocycles. The minimum Gasteiger partial charge on any atom is -0.318 e. The molecule has 1 aromatic heterocycles. The molecule has 7 nitrogen and oxygen atoms in total. The maximum Gasteiger partial charge on any atom is 0.322 e. The van der Waals surface area contributed by atoms with Crippen molar-refractivity contribution in [1.82, 2.24) is 9.88 Å². The van der Waals surface area contributed by atoms with Gasteiger partial charge in [0, 0.05) is 19.2 Å². The van der Waals surface area contributed by atoms with E-state index in [-0.39, 0.29) is 17.8 Å². The molecule has 0 spiro atoms. The van der Waals surface area contributed by atoms with Crippen molar-refractivity contribution in [3.05, 3.63) is 63.1 Å². The van der Waals surface area contributed by atoms with Crippen LogP contribution in [0.25, 0.3) is 10.2 Å². The maximum atomic E-state index is 12.6. The molecule has 2 amide bonds. The molecule has 0 saturated heterocycles. The van der Waals surface area contributed by atoms with Gasteiger partial charge in [-0.1, -0.05) is 18.2 Å². The van der Waals surface area contributed by atoms with Gasteiger partial charge >= 0.3 is 6.03 Å². The van der Waals surface area contributed by atoms with E-state index in [0.29, 0.717) is 5.69 Å². The Labute approximate surface area is 154 Å². The first-order valence-corrected chi connectivity index (χ1v) is 8.83. The average Bonchev–Trinajstić information content (AvgIpc) is 3.06. The summed E-state index contributed by atoms with van der Waals surface area (Å²) in [7, 11) is 1.68. The van der Waals surface area contributed by atoms with Crippen LogP contribution in [0, 0.1) is 17.0 Å². The first kappa shape index (κ1) is 17.8. The zero-order valence-corrected chi connectivity index (χ0v) is 15.4. The lowest BCUT2D eigenvalue weighted by atomic mass is 10.2. The predicted octanol–water partition coefficient (Wildman–Crippen LogP) is 4.74. The van der Waals surface area contributed by atoms with E-state index in [2.05, 4.69) is 10.3 Å². The zero-order valence-electron chi connectivity index (χ0n) is 14.6. The molecule has 134 valence electrons. The second-order valence-electron chi connectivity index (χ2n) is 5.99. The largest absolute Gasteiger partial charge is 0.322 e. The first-order valence-electron chi connectivity index (χ1n) is 8.01. The zero-order chi connectivity index (χ0) is 18.8. The minimum atomic E-state index is -0.484. The fraction of sp³-hybridized carbons (Fsp3) is 0.222. The molecule has 0 bridgehead atoms. The predicted molar refractivity (Wildman–Crippen MR) is 103 cm³/mol. The molecule has 1 atom stereocenters. The molecule has 26 heavy (non-hydrogen) atoms. The summed E-state index contributed by atoms with van der Waals surface area (Å²) in [6, 6.07) is 11.6. The Morgan fingerprint density at radius 2 is 2.04 bits per heavy atom. The van der Waals surface area contributed by atoms with Crippen LogP contribution in [0.3, 0.4) is 0 Å². The number of aryl methyl sites for hydroxylation is 1. The van der Waals surface area contributed by atoms with Crippen LogP contribution < -0.4 is 5.32 Å². The number of amides is 2. The van der Waals surface area contributed by atoms with E-state index >= 15 is 0 Å². The van der Waals surface area contributed by atoms with Crippen LogP contribution in [0.2, 0.25) is 0 Å². The number of hydrogen-bond donors (Lipinski definition) is 1. The minimum absolute atomic E-state index is 0.0622. The van der Waals surface area contributed by atoms with Gasteiger partial charge in [-0.15, -0.1) is 11.3 Å². The van der Waals surface area contributed by atoms with E-state index in [1.54, 1.807) is 31.4 Å². The molecule has 0 unspecified atom stereocenters. The van der Waals surface area contributed by atoms with Crippen LogP contribution in [-0.2, 0) is 0 Å². The number of nitro benzene ring substituents is 1. The molecular formula is C18H18N4O3S. The van der Waals surface area contributed by atoms with E-state index in [1.165, 1.54) is 17.0 Å². The number of carbonyl (C=O) groups is 1. The molecule has 8 heteroatoms. The number of nitrogens with one attached hydrogen (secondary N) is 1. The quantitative estimate of drug-likeness (QED) is 0.531. The number of rotatable bonds is 4. The number of thiazole rings is 1. The van der Waals surface area contributed by atoms with Gasteiger partial charge in [0.05, 0.1) is 26.9 Å². The summed E-state index contributed by atoms with van der Waals surface area (Å²) in [6.07, 6.45) is 0. The highest BCUT2D eigenvalue weighted by Gasteiger charge is 2.21. The Morgan fingerprint density at radius 3 is 2.73 bits per heavy atom. The number of para-hydroxylation sites is 1. The lowest BCUT2D eigenvalue weighted by molar-refractivity contribution is -0.384. The highest BCUT2D eigenvalue weighted by Crippen LogP contribution is 2.29. The van der Waals surface area contributed by atoms with E-state index < -0.39 is 4.92 Å². The standard InChI is InChI=1S/C18H18N4O3S/c1-11-8-9-13(22(24)25)10-15(11)20-18(23)21(3)12(2)17-19-14-6-4-5-7-16(14)26-17/h4-10,12H,1-3H3,(H,20,23)/t12-/m1/s1. The third-order valence-corrected chi connectivity index (χ3v) is 5.45. The average molecular weight is 370 g/mol. The summed E-state index contributed by atoms with van der Waals surface area (Å²) in [4.78, 5) is 29.2. The SMILES string of the molecule is Cc1ccc([N+](=O)[O-])cc1NC(=O)N(C)[C@H](C)c1nc2ccccc2s1. The number of nitro groups is 1. The fourth-order valence-corrected chi connectivity index (χ4v) is 3.53. The highest BCUT2D eigenvalue weighted by molar-refractivity contribution is 7.18. The molecule has 0 radical (unpaired) electrons. The van der Waals surface area contributed by atoms with Crippen LogP contribution in [0.5, 0.6) is 0 Å². The summed E-state index contributed by atoms with van der Waals surface area (Å²) in [6.45, 7) is 3.69. The van der Waals surface area contributed by atoms with Crippen molar-refractivity contribution in [2.75, 3.05) is 12.4 Å². The number of fused-ring (bicyclic) bond motifs is 1. The molecule has 3 rings (SSSR count). The molecule has 0 aliphatic rings. The van der Waals surface area contributed by atoms with Gasteiger partial charge < -0.3 is 10.2 Å². The Kier molecular flexibility index (Phi) is 4.85. The monoisotopic (exact) mass is 370 g/mol. The molecule has 0 fully saturated rings. The van der Waals surface area contributed by atoms with E-state index in [4.69, 9.17) is 0 Å². The van der Waals surface area contributed by atoms with Gasteiger partial charge in [-0.2, -0.15) is 0 Å². The van der Waals surface area contributed by atoms with Crippen molar-refractivity contribution in [1.29, 1.82) is 0 Å². The van der Waals surface area contributed by atoms with Crippen LogP contribution in [0.15, 0.2) is 42.5 Å². The Hall–Kier alpha value is -3.00. The van der Waals surface area contributed by atoms with Crippen molar-refractivity contribution in [3.63, 3.8) is 0 Å². The summed E-state index contributed by atoms with van der Waals surface area (Å²) < 4.78 is 1.07. The molecule has 0 saturated carbocycles. The number of carbonyl (C=O) groups excluding carboxylic acids is 1. The Morgan fingerprint density at radius 1 is 1.31 bits per heavy atom. The molecule has 2 aromatic carbocycles. The Bertz CT molecular complexity index is 952. The summed E-state index contributed by atoms with van der Waals surface area (Å²) in [5.41, 5.74) is 2.02. The lowest BCUT2D eigenvalue weighted by Gasteiger charge is -2.24. The third-order valence-electron chi connectivity index (χ3n) is 4.24. The second-order valence-corrected chi connectivity index (χ2v) is 7.06. The fourth-order valence-electron chi connectivity index (χ4n) is 2.47. The number of hydrogen-bond acceptors (Lipinski definition) is 5. The normalized spacial score (nSPS) is 12.0.